The third-order valence-corrected chi connectivity index (χ3v) is 2.91. The van der Waals surface area contributed by atoms with Crippen molar-refractivity contribution in [2.75, 3.05) is 19.7 Å². The molecule has 1 aliphatic heterocycles. The molecule has 1 saturated heterocycles. The number of rotatable bonds is 2. The van der Waals surface area contributed by atoms with Crippen molar-refractivity contribution >= 4 is 5.78 Å². The Morgan fingerprint density at radius 2 is 2.38 bits per heavy atom. The SMILES string of the molecule is O=C1C=C(N2CCC(CO)C2)CC1. The first-order valence-corrected chi connectivity index (χ1v) is 4.89. The normalized spacial score (nSPS) is 28.4. The zero-order chi connectivity index (χ0) is 9.26. The fraction of sp³-hybridized carbons (Fsp3) is 0.700. The molecule has 0 aromatic rings. The van der Waals surface area contributed by atoms with Gasteiger partial charge < -0.3 is 10.0 Å². The molecule has 1 atom stereocenters. The van der Waals surface area contributed by atoms with Crippen molar-refractivity contribution in [3.8, 4) is 0 Å². The summed E-state index contributed by atoms with van der Waals surface area (Å²) in [5.74, 6) is 0.666. The van der Waals surface area contributed by atoms with Crippen LogP contribution in [-0.2, 0) is 4.79 Å². The summed E-state index contributed by atoms with van der Waals surface area (Å²) in [6, 6.07) is 0. The molecular formula is C10H15NO2. The van der Waals surface area contributed by atoms with Crippen LogP contribution in [0.3, 0.4) is 0 Å². The highest BCUT2D eigenvalue weighted by Crippen LogP contribution is 2.25. The number of likely N-dealkylation sites (tertiary alicyclic amines) is 1. The highest BCUT2D eigenvalue weighted by molar-refractivity contribution is 5.92. The van der Waals surface area contributed by atoms with Crippen LogP contribution in [0.1, 0.15) is 19.3 Å². The van der Waals surface area contributed by atoms with Gasteiger partial charge in [0, 0.05) is 43.8 Å². The number of carbonyl (C=O) groups excluding carboxylic acids is 1. The Morgan fingerprint density at radius 3 is 2.92 bits per heavy atom. The topological polar surface area (TPSA) is 40.5 Å². The number of nitrogens with zero attached hydrogens (tertiary/aromatic N) is 1. The number of aliphatic hydroxyl groups is 1. The molecule has 1 unspecified atom stereocenters. The molecule has 3 nitrogen and oxygen atoms in total. The van der Waals surface area contributed by atoms with Crippen molar-refractivity contribution in [3.63, 3.8) is 0 Å². The second-order valence-electron chi connectivity index (χ2n) is 3.89. The van der Waals surface area contributed by atoms with Gasteiger partial charge in [0.2, 0.25) is 0 Å². The number of ketones is 1. The first-order valence-electron chi connectivity index (χ1n) is 4.89. The number of allylic oxidation sites excluding steroid dienone is 2. The molecule has 0 spiro atoms. The molecule has 2 aliphatic rings. The molecule has 0 bridgehead atoms. The van der Waals surface area contributed by atoms with Gasteiger partial charge >= 0.3 is 0 Å². The molecule has 0 aromatic carbocycles. The molecule has 72 valence electrons. The summed E-state index contributed by atoms with van der Waals surface area (Å²) in [5.41, 5.74) is 1.18. The van der Waals surface area contributed by atoms with Crippen molar-refractivity contribution in [1.29, 1.82) is 0 Å². The number of carbonyl (C=O) groups is 1. The van der Waals surface area contributed by atoms with E-state index in [1.807, 2.05) is 0 Å². The van der Waals surface area contributed by atoms with Crippen LogP contribution in [0.15, 0.2) is 11.8 Å². The summed E-state index contributed by atoms with van der Waals surface area (Å²) < 4.78 is 0. The van der Waals surface area contributed by atoms with Gasteiger partial charge in [0.15, 0.2) is 5.78 Å². The zero-order valence-electron chi connectivity index (χ0n) is 7.70. The Morgan fingerprint density at radius 1 is 1.54 bits per heavy atom. The Balaban J connectivity index is 1.96. The van der Waals surface area contributed by atoms with Crippen LogP contribution in [-0.4, -0.2) is 35.5 Å². The van der Waals surface area contributed by atoms with Crippen molar-refractivity contribution in [1.82, 2.24) is 4.90 Å². The average molecular weight is 181 g/mol. The predicted molar refractivity (Wildman–Crippen MR) is 49.1 cm³/mol. The molecule has 0 aromatic heterocycles. The van der Waals surface area contributed by atoms with Crippen LogP contribution in [0.5, 0.6) is 0 Å². The minimum Gasteiger partial charge on any atom is -0.396 e. The Labute approximate surface area is 78.0 Å². The summed E-state index contributed by atoms with van der Waals surface area (Å²) in [5, 5.41) is 8.97. The third kappa shape index (κ3) is 1.75. The van der Waals surface area contributed by atoms with Crippen molar-refractivity contribution in [3.05, 3.63) is 11.8 Å². The van der Waals surface area contributed by atoms with Crippen LogP contribution in [0.2, 0.25) is 0 Å². The summed E-state index contributed by atoms with van der Waals surface area (Å²) in [6.07, 6.45) is 4.40. The maximum Gasteiger partial charge on any atom is 0.157 e. The van der Waals surface area contributed by atoms with Crippen LogP contribution >= 0.6 is 0 Å². The largest absolute Gasteiger partial charge is 0.396 e. The second-order valence-corrected chi connectivity index (χ2v) is 3.89. The van der Waals surface area contributed by atoms with Gasteiger partial charge in [-0.1, -0.05) is 0 Å². The van der Waals surface area contributed by atoms with E-state index < -0.39 is 0 Å². The van der Waals surface area contributed by atoms with Gasteiger partial charge in [0.05, 0.1) is 0 Å². The van der Waals surface area contributed by atoms with E-state index in [0.29, 0.717) is 12.3 Å². The molecule has 0 amide bonds. The van der Waals surface area contributed by atoms with E-state index >= 15 is 0 Å². The number of aliphatic hydroxyl groups excluding tert-OH is 1. The third-order valence-electron chi connectivity index (χ3n) is 2.91. The molecule has 1 heterocycles. The lowest BCUT2D eigenvalue weighted by Gasteiger charge is -2.18. The Bertz CT molecular complexity index is 247. The fourth-order valence-corrected chi connectivity index (χ4v) is 2.07. The van der Waals surface area contributed by atoms with Crippen molar-refractivity contribution in [2.24, 2.45) is 5.92 Å². The van der Waals surface area contributed by atoms with Gasteiger partial charge in [-0.3, -0.25) is 4.79 Å². The lowest BCUT2D eigenvalue weighted by Crippen LogP contribution is -2.19. The lowest BCUT2D eigenvalue weighted by atomic mass is 10.1. The van der Waals surface area contributed by atoms with E-state index in [4.69, 9.17) is 5.11 Å². The molecule has 1 N–H and O–H groups in total. The standard InChI is InChI=1S/C10H15NO2/c12-7-8-3-4-11(6-8)9-1-2-10(13)5-9/h5,8,12H,1-4,6-7H2. The smallest absolute Gasteiger partial charge is 0.157 e. The minimum atomic E-state index is 0.252. The van der Waals surface area contributed by atoms with Crippen molar-refractivity contribution < 1.29 is 9.90 Å². The van der Waals surface area contributed by atoms with Gasteiger partial charge in [-0.05, 0) is 12.8 Å². The quantitative estimate of drug-likeness (QED) is 0.676. The summed E-state index contributed by atoms with van der Waals surface area (Å²) in [6.45, 7) is 2.21. The fourth-order valence-electron chi connectivity index (χ4n) is 2.07. The van der Waals surface area contributed by atoms with Crippen LogP contribution in [0.4, 0.5) is 0 Å². The highest BCUT2D eigenvalue weighted by atomic mass is 16.3. The van der Waals surface area contributed by atoms with E-state index in [1.165, 1.54) is 5.70 Å². The number of hydrogen-bond acceptors (Lipinski definition) is 3. The molecule has 1 aliphatic carbocycles. The maximum absolute atomic E-state index is 11.0. The van der Waals surface area contributed by atoms with Gasteiger partial charge in [-0.15, -0.1) is 0 Å². The molecule has 1 fully saturated rings. The van der Waals surface area contributed by atoms with Gasteiger partial charge in [0.1, 0.15) is 0 Å². The number of hydrogen-bond donors (Lipinski definition) is 1. The van der Waals surface area contributed by atoms with Crippen molar-refractivity contribution in [2.45, 2.75) is 19.3 Å². The molecule has 0 saturated carbocycles. The van der Waals surface area contributed by atoms with E-state index in [9.17, 15) is 4.79 Å². The first-order chi connectivity index (χ1) is 6.29. The monoisotopic (exact) mass is 181 g/mol. The highest BCUT2D eigenvalue weighted by Gasteiger charge is 2.25. The summed E-state index contributed by atoms with van der Waals surface area (Å²) in [4.78, 5) is 13.3. The summed E-state index contributed by atoms with van der Waals surface area (Å²) >= 11 is 0. The van der Waals surface area contributed by atoms with E-state index in [0.717, 1.165) is 25.9 Å². The molecule has 2 rings (SSSR count). The minimum absolute atomic E-state index is 0.252. The summed E-state index contributed by atoms with van der Waals surface area (Å²) in [7, 11) is 0. The van der Waals surface area contributed by atoms with Crippen LogP contribution < -0.4 is 0 Å². The molecular weight excluding hydrogens is 166 g/mol. The Kier molecular flexibility index (Phi) is 2.36. The average Bonchev–Trinajstić information content (AvgIpc) is 2.71. The second kappa shape index (κ2) is 3.50. The van der Waals surface area contributed by atoms with E-state index in [2.05, 4.69) is 4.90 Å². The van der Waals surface area contributed by atoms with Crippen LogP contribution in [0.25, 0.3) is 0 Å². The van der Waals surface area contributed by atoms with E-state index in [-0.39, 0.29) is 12.4 Å². The maximum atomic E-state index is 11.0. The molecule has 13 heavy (non-hydrogen) atoms. The Hall–Kier alpha value is -0.830. The predicted octanol–water partition coefficient (Wildman–Crippen LogP) is 0.547. The lowest BCUT2D eigenvalue weighted by molar-refractivity contribution is -0.114. The molecule has 0 radical (unpaired) electrons. The van der Waals surface area contributed by atoms with E-state index in [1.54, 1.807) is 6.08 Å². The zero-order valence-corrected chi connectivity index (χ0v) is 7.70. The van der Waals surface area contributed by atoms with Gasteiger partial charge in [-0.2, -0.15) is 0 Å². The van der Waals surface area contributed by atoms with Gasteiger partial charge in [0.25, 0.3) is 0 Å². The first kappa shape index (κ1) is 8.75. The van der Waals surface area contributed by atoms with Gasteiger partial charge in [-0.25, -0.2) is 0 Å². The van der Waals surface area contributed by atoms with Crippen LogP contribution in [0, 0.1) is 5.92 Å². The molecule has 3 heteroatoms.